The second kappa shape index (κ2) is 5.36. The number of carbonyl (C=O) groups excluding carboxylic acids is 1. The van der Waals surface area contributed by atoms with Gasteiger partial charge in [0.1, 0.15) is 5.69 Å². The van der Waals surface area contributed by atoms with E-state index in [0.717, 1.165) is 19.3 Å². The molecule has 1 aliphatic carbocycles. The number of aromatic nitrogens is 1. The van der Waals surface area contributed by atoms with Crippen molar-refractivity contribution in [3.05, 3.63) is 28.1 Å². The van der Waals surface area contributed by atoms with Crippen molar-refractivity contribution in [1.29, 1.82) is 0 Å². The Kier molecular flexibility index (Phi) is 4.31. The molecule has 0 radical (unpaired) electrons. The highest BCUT2D eigenvalue weighted by atomic mass is 35.5. The maximum absolute atomic E-state index is 11.6. The summed E-state index contributed by atoms with van der Waals surface area (Å²) in [5.41, 5.74) is 5.71. The summed E-state index contributed by atoms with van der Waals surface area (Å²) in [7, 11) is 0. The van der Waals surface area contributed by atoms with Gasteiger partial charge in [0, 0.05) is 18.2 Å². The number of amides is 1. The molecule has 0 spiro atoms. The molecule has 0 aromatic carbocycles. The third kappa shape index (κ3) is 2.99. The Labute approximate surface area is 110 Å². The molecule has 0 unspecified atom stereocenters. The van der Waals surface area contributed by atoms with E-state index < -0.39 is 4.92 Å². The second-order valence-electron chi connectivity index (χ2n) is 4.43. The van der Waals surface area contributed by atoms with Gasteiger partial charge in [0.25, 0.3) is 11.6 Å². The van der Waals surface area contributed by atoms with Crippen molar-refractivity contribution in [1.82, 2.24) is 10.3 Å². The second-order valence-corrected chi connectivity index (χ2v) is 4.43. The first-order valence-electron chi connectivity index (χ1n) is 5.40. The van der Waals surface area contributed by atoms with Gasteiger partial charge < -0.3 is 16.0 Å². The minimum Gasteiger partial charge on any atom is -0.351 e. The summed E-state index contributed by atoms with van der Waals surface area (Å²) in [5.74, 6) is -0.366. The summed E-state index contributed by atoms with van der Waals surface area (Å²) in [5, 5.41) is 13.1. The molecule has 0 bridgehead atoms. The molecule has 1 aromatic heterocycles. The number of hydrogen-bond donors (Lipinski definition) is 3. The lowest BCUT2D eigenvalue weighted by molar-refractivity contribution is -0.384. The number of nitrogens with zero attached hydrogens (tertiary/aromatic N) is 1. The van der Waals surface area contributed by atoms with Crippen LogP contribution in [0.15, 0.2) is 12.3 Å². The number of nitro groups is 1. The number of nitrogens with one attached hydrogen (secondary N) is 2. The molecule has 1 aromatic rings. The Morgan fingerprint density at radius 2 is 2.28 bits per heavy atom. The van der Waals surface area contributed by atoms with Crippen molar-refractivity contribution in [2.45, 2.75) is 24.8 Å². The quantitative estimate of drug-likeness (QED) is 0.560. The summed E-state index contributed by atoms with van der Waals surface area (Å²) < 4.78 is 0. The van der Waals surface area contributed by atoms with Crippen LogP contribution in [0.3, 0.4) is 0 Å². The van der Waals surface area contributed by atoms with Crippen LogP contribution in [0, 0.1) is 10.1 Å². The molecule has 1 fully saturated rings. The van der Waals surface area contributed by atoms with Crippen molar-refractivity contribution >= 4 is 24.0 Å². The van der Waals surface area contributed by atoms with Gasteiger partial charge in [-0.2, -0.15) is 0 Å². The highest BCUT2D eigenvalue weighted by molar-refractivity contribution is 5.93. The molecule has 0 atom stereocenters. The van der Waals surface area contributed by atoms with E-state index in [9.17, 15) is 14.9 Å². The van der Waals surface area contributed by atoms with Gasteiger partial charge in [0.15, 0.2) is 0 Å². The maximum Gasteiger partial charge on any atom is 0.287 e. The Bertz CT molecular complexity index is 456. The van der Waals surface area contributed by atoms with Crippen LogP contribution in [0.25, 0.3) is 0 Å². The van der Waals surface area contributed by atoms with Gasteiger partial charge in [-0.15, -0.1) is 12.4 Å². The predicted octanol–water partition coefficient (Wildman–Crippen LogP) is 0.956. The first kappa shape index (κ1) is 14.5. The average Bonchev–Trinajstić information content (AvgIpc) is 2.72. The summed E-state index contributed by atoms with van der Waals surface area (Å²) in [6.45, 7) is 0.401. The number of nitrogens with two attached hydrogens (primary N) is 1. The van der Waals surface area contributed by atoms with Crippen molar-refractivity contribution in [3.8, 4) is 0 Å². The number of carbonyl (C=O) groups is 1. The highest BCUT2D eigenvalue weighted by Gasteiger charge is 2.32. The molecular formula is C10H15ClN4O3. The topological polar surface area (TPSA) is 114 Å². The zero-order valence-corrected chi connectivity index (χ0v) is 10.5. The van der Waals surface area contributed by atoms with Crippen LogP contribution in [0.4, 0.5) is 5.69 Å². The molecule has 7 nitrogen and oxygen atoms in total. The minimum atomic E-state index is -0.552. The molecule has 1 amide bonds. The fourth-order valence-corrected chi connectivity index (χ4v) is 1.78. The first-order valence-corrected chi connectivity index (χ1v) is 5.40. The van der Waals surface area contributed by atoms with Crippen molar-refractivity contribution < 1.29 is 9.72 Å². The predicted molar refractivity (Wildman–Crippen MR) is 67.8 cm³/mol. The fourth-order valence-electron chi connectivity index (χ4n) is 1.78. The van der Waals surface area contributed by atoms with Gasteiger partial charge in [0.2, 0.25) is 0 Å². The Balaban J connectivity index is 0.00000162. The lowest BCUT2D eigenvalue weighted by Gasteiger charge is -2.38. The van der Waals surface area contributed by atoms with Crippen LogP contribution in [-0.2, 0) is 0 Å². The molecule has 0 aliphatic heterocycles. The monoisotopic (exact) mass is 274 g/mol. The van der Waals surface area contributed by atoms with Crippen molar-refractivity contribution in [3.63, 3.8) is 0 Å². The van der Waals surface area contributed by atoms with Crippen molar-refractivity contribution in [2.24, 2.45) is 5.73 Å². The average molecular weight is 275 g/mol. The van der Waals surface area contributed by atoms with E-state index in [1.54, 1.807) is 0 Å². The van der Waals surface area contributed by atoms with Gasteiger partial charge in [-0.1, -0.05) is 0 Å². The largest absolute Gasteiger partial charge is 0.351 e. The van der Waals surface area contributed by atoms with Crippen LogP contribution >= 0.6 is 12.4 Å². The Morgan fingerprint density at radius 1 is 1.61 bits per heavy atom. The summed E-state index contributed by atoms with van der Waals surface area (Å²) >= 11 is 0. The molecule has 1 heterocycles. The molecule has 4 N–H and O–H groups in total. The van der Waals surface area contributed by atoms with Gasteiger partial charge >= 0.3 is 0 Å². The van der Waals surface area contributed by atoms with E-state index in [4.69, 9.17) is 5.73 Å². The van der Waals surface area contributed by atoms with E-state index in [0.29, 0.717) is 6.54 Å². The van der Waals surface area contributed by atoms with E-state index in [1.165, 1.54) is 12.3 Å². The van der Waals surface area contributed by atoms with Gasteiger partial charge in [-0.05, 0) is 19.3 Å². The third-order valence-electron chi connectivity index (χ3n) is 3.07. The van der Waals surface area contributed by atoms with E-state index in [1.807, 2.05) is 0 Å². The molecular weight excluding hydrogens is 260 g/mol. The van der Waals surface area contributed by atoms with E-state index in [-0.39, 0.29) is 35.2 Å². The highest BCUT2D eigenvalue weighted by Crippen LogP contribution is 2.28. The minimum absolute atomic E-state index is 0. The number of rotatable bonds is 4. The van der Waals surface area contributed by atoms with Crippen molar-refractivity contribution in [2.75, 3.05) is 6.54 Å². The number of halogens is 1. The van der Waals surface area contributed by atoms with Gasteiger partial charge in [-0.3, -0.25) is 14.9 Å². The number of aromatic amines is 1. The normalized spacial score (nSPS) is 16.3. The third-order valence-corrected chi connectivity index (χ3v) is 3.07. The SMILES string of the molecule is Cl.NC1(CNC(=O)c2cc([N+](=O)[O-])c[nH]2)CCC1. The molecule has 18 heavy (non-hydrogen) atoms. The molecule has 1 aliphatic rings. The lowest BCUT2D eigenvalue weighted by atomic mass is 9.78. The molecule has 1 saturated carbocycles. The molecule has 100 valence electrons. The zero-order chi connectivity index (χ0) is 12.5. The van der Waals surface area contributed by atoms with Gasteiger partial charge in [-0.25, -0.2) is 0 Å². The summed E-state index contributed by atoms with van der Waals surface area (Å²) in [4.78, 5) is 24.1. The smallest absolute Gasteiger partial charge is 0.287 e. The molecule has 8 heteroatoms. The van der Waals surface area contributed by atoms with Crippen LogP contribution in [0.5, 0.6) is 0 Å². The summed E-state index contributed by atoms with van der Waals surface area (Å²) in [6.07, 6.45) is 4.08. The fraction of sp³-hybridized carbons (Fsp3) is 0.500. The maximum atomic E-state index is 11.6. The van der Waals surface area contributed by atoms with Crippen LogP contribution in [0.2, 0.25) is 0 Å². The Hall–Kier alpha value is -1.60. The van der Waals surface area contributed by atoms with E-state index in [2.05, 4.69) is 10.3 Å². The number of hydrogen-bond acceptors (Lipinski definition) is 4. The van der Waals surface area contributed by atoms with Crippen LogP contribution < -0.4 is 11.1 Å². The molecule has 0 saturated heterocycles. The summed E-state index contributed by atoms with van der Waals surface area (Å²) in [6, 6.07) is 1.21. The van der Waals surface area contributed by atoms with E-state index >= 15 is 0 Å². The molecule has 2 rings (SSSR count). The lowest BCUT2D eigenvalue weighted by Crippen LogP contribution is -2.54. The van der Waals surface area contributed by atoms with Crippen LogP contribution in [0.1, 0.15) is 29.8 Å². The van der Waals surface area contributed by atoms with Gasteiger partial charge in [0.05, 0.1) is 11.1 Å². The number of H-pyrrole nitrogens is 1. The zero-order valence-electron chi connectivity index (χ0n) is 9.64. The van der Waals surface area contributed by atoms with Crippen LogP contribution in [-0.4, -0.2) is 27.9 Å². The Morgan fingerprint density at radius 3 is 2.72 bits per heavy atom. The standard InChI is InChI=1S/C10H14N4O3.ClH/c11-10(2-1-3-10)6-13-9(15)8-4-7(5-12-8)14(16)17;/h4-5,12H,1-3,6,11H2,(H,13,15);1H. The first-order chi connectivity index (χ1) is 8.00.